The van der Waals surface area contributed by atoms with Crippen molar-refractivity contribution in [2.75, 3.05) is 0 Å². The molecule has 0 atom stereocenters. The summed E-state index contributed by atoms with van der Waals surface area (Å²) in [7, 11) is 0. The van der Waals surface area contributed by atoms with Crippen molar-refractivity contribution < 1.29 is 9.53 Å². The van der Waals surface area contributed by atoms with Crippen LogP contribution in [0.3, 0.4) is 0 Å². The third-order valence-electron chi connectivity index (χ3n) is 1.84. The van der Waals surface area contributed by atoms with Crippen LogP contribution in [-0.4, -0.2) is 27.0 Å². The lowest BCUT2D eigenvalue weighted by Gasteiger charge is -2.04. The largest absolute Gasteiger partial charge is 0.458 e. The first-order valence-electron chi connectivity index (χ1n) is 5.10. The Bertz CT molecular complexity index is 510. The minimum atomic E-state index is -0.403. The molecule has 0 amide bonds. The first-order chi connectivity index (χ1) is 8.16. The standard InChI is InChI=1S/C11H11N3O2S/c1-7(2)16-11(15)10-14-6-9(17-10)8-5-12-3-4-13-8/h3-7H,1-2H3. The zero-order chi connectivity index (χ0) is 12.3. The molecule has 2 rings (SSSR count). The number of thiazole rings is 1. The van der Waals surface area contributed by atoms with Crippen molar-refractivity contribution in [3.05, 3.63) is 29.8 Å². The Hall–Kier alpha value is -1.82. The molecule has 0 aromatic carbocycles. The van der Waals surface area contributed by atoms with Crippen LogP contribution in [-0.2, 0) is 4.74 Å². The van der Waals surface area contributed by atoms with Crippen molar-refractivity contribution in [2.24, 2.45) is 0 Å². The zero-order valence-corrected chi connectivity index (χ0v) is 10.3. The van der Waals surface area contributed by atoms with Crippen LogP contribution in [0.1, 0.15) is 23.6 Å². The van der Waals surface area contributed by atoms with Gasteiger partial charge in [0.25, 0.3) is 0 Å². The van der Waals surface area contributed by atoms with E-state index in [0.717, 1.165) is 4.88 Å². The van der Waals surface area contributed by atoms with E-state index in [1.807, 2.05) is 0 Å². The summed E-state index contributed by atoms with van der Waals surface area (Å²) in [5.74, 6) is -0.403. The van der Waals surface area contributed by atoms with Crippen LogP contribution in [0.15, 0.2) is 24.8 Å². The molecule has 0 fully saturated rings. The summed E-state index contributed by atoms with van der Waals surface area (Å²) in [5, 5.41) is 0.333. The number of hydrogen-bond acceptors (Lipinski definition) is 6. The molecule has 0 radical (unpaired) electrons. The summed E-state index contributed by atoms with van der Waals surface area (Å²) in [6, 6.07) is 0. The summed E-state index contributed by atoms with van der Waals surface area (Å²) in [4.78, 5) is 24.5. The second kappa shape index (κ2) is 5.01. The highest BCUT2D eigenvalue weighted by molar-refractivity contribution is 7.16. The maximum atomic E-state index is 11.6. The molecule has 0 bridgehead atoms. The molecule has 2 aromatic heterocycles. The fourth-order valence-corrected chi connectivity index (χ4v) is 1.94. The Morgan fingerprint density at radius 2 is 2.12 bits per heavy atom. The van der Waals surface area contributed by atoms with Crippen molar-refractivity contribution in [2.45, 2.75) is 20.0 Å². The lowest BCUT2D eigenvalue weighted by Crippen LogP contribution is -2.10. The number of rotatable bonds is 3. The summed E-state index contributed by atoms with van der Waals surface area (Å²) < 4.78 is 5.06. The normalized spacial score (nSPS) is 10.5. The SMILES string of the molecule is CC(C)OC(=O)c1ncc(-c2cnccn2)s1. The first-order valence-corrected chi connectivity index (χ1v) is 5.91. The predicted octanol–water partition coefficient (Wildman–Crippen LogP) is 2.17. The lowest BCUT2D eigenvalue weighted by atomic mass is 10.4. The summed E-state index contributed by atoms with van der Waals surface area (Å²) in [6.45, 7) is 3.60. The Labute approximate surface area is 103 Å². The Kier molecular flexibility index (Phi) is 3.43. The summed E-state index contributed by atoms with van der Waals surface area (Å²) in [6.07, 6.45) is 6.28. The minimum Gasteiger partial charge on any atom is -0.458 e. The van der Waals surface area contributed by atoms with Gasteiger partial charge in [-0.15, -0.1) is 11.3 Å². The highest BCUT2D eigenvalue weighted by Crippen LogP contribution is 2.24. The van der Waals surface area contributed by atoms with Crippen molar-refractivity contribution in [3.63, 3.8) is 0 Å². The molecule has 0 aliphatic heterocycles. The van der Waals surface area contributed by atoms with E-state index < -0.39 is 5.97 Å². The highest BCUT2D eigenvalue weighted by atomic mass is 32.1. The molecule has 0 unspecified atom stereocenters. The van der Waals surface area contributed by atoms with Gasteiger partial charge in [-0.05, 0) is 13.8 Å². The number of hydrogen-bond donors (Lipinski definition) is 0. The molecule has 5 nitrogen and oxygen atoms in total. The Morgan fingerprint density at radius 1 is 1.29 bits per heavy atom. The van der Waals surface area contributed by atoms with Gasteiger partial charge < -0.3 is 4.74 Å². The number of carbonyl (C=O) groups is 1. The summed E-state index contributed by atoms with van der Waals surface area (Å²) in [5.41, 5.74) is 0.702. The average Bonchev–Trinajstić information content (AvgIpc) is 2.78. The van der Waals surface area contributed by atoms with Crippen molar-refractivity contribution in [3.8, 4) is 10.6 Å². The molecule has 2 aromatic rings. The van der Waals surface area contributed by atoms with Crippen LogP contribution >= 0.6 is 11.3 Å². The van der Waals surface area contributed by atoms with Crippen LogP contribution in [0.25, 0.3) is 10.6 Å². The van der Waals surface area contributed by atoms with Gasteiger partial charge in [-0.2, -0.15) is 0 Å². The van der Waals surface area contributed by atoms with Crippen molar-refractivity contribution in [1.29, 1.82) is 0 Å². The van der Waals surface area contributed by atoms with Crippen molar-refractivity contribution >= 4 is 17.3 Å². The Balaban J connectivity index is 2.19. The van der Waals surface area contributed by atoms with Crippen molar-refractivity contribution in [1.82, 2.24) is 15.0 Å². The fourth-order valence-electron chi connectivity index (χ4n) is 1.18. The Morgan fingerprint density at radius 3 is 2.76 bits per heavy atom. The molecule has 0 aliphatic rings. The molecule has 0 saturated carbocycles. The molecule has 0 saturated heterocycles. The number of aromatic nitrogens is 3. The molecule has 17 heavy (non-hydrogen) atoms. The minimum absolute atomic E-state index is 0.147. The van der Waals surface area contributed by atoms with Crippen LogP contribution in [0.5, 0.6) is 0 Å². The maximum Gasteiger partial charge on any atom is 0.367 e. The maximum absolute atomic E-state index is 11.6. The van der Waals surface area contributed by atoms with Gasteiger partial charge in [0, 0.05) is 18.6 Å². The molecular weight excluding hydrogens is 238 g/mol. The second-order valence-electron chi connectivity index (χ2n) is 3.57. The topological polar surface area (TPSA) is 65.0 Å². The van der Waals surface area contributed by atoms with E-state index in [1.54, 1.807) is 38.6 Å². The molecule has 2 heterocycles. The number of nitrogens with zero attached hydrogens (tertiary/aromatic N) is 3. The number of carbonyl (C=O) groups excluding carboxylic acids is 1. The molecular formula is C11H11N3O2S. The fraction of sp³-hybridized carbons (Fsp3) is 0.273. The third kappa shape index (κ3) is 2.85. The predicted molar refractivity (Wildman–Crippen MR) is 63.7 cm³/mol. The smallest absolute Gasteiger partial charge is 0.367 e. The van der Waals surface area contributed by atoms with E-state index in [0.29, 0.717) is 10.7 Å². The summed E-state index contributed by atoms with van der Waals surface area (Å²) >= 11 is 1.25. The number of ether oxygens (including phenoxy) is 1. The van der Waals surface area contributed by atoms with Gasteiger partial charge in [0.15, 0.2) is 0 Å². The van der Waals surface area contributed by atoms with Crippen LogP contribution in [0.4, 0.5) is 0 Å². The monoisotopic (exact) mass is 249 g/mol. The van der Waals surface area contributed by atoms with E-state index in [4.69, 9.17) is 4.74 Å². The van der Waals surface area contributed by atoms with E-state index in [9.17, 15) is 4.79 Å². The highest BCUT2D eigenvalue weighted by Gasteiger charge is 2.15. The lowest BCUT2D eigenvalue weighted by molar-refractivity contribution is 0.0377. The third-order valence-corrected chi connectivity index (χ3v) is 2.84. The van der Waals surface area contributed by atoms with Crippen LogP contribution < -0.4 is 0 Å². The van der Waals surface area contributed by atoms with Gasteiger partial charge in [-0.1, -0.05) is 0 Å². The first kappa shape index (κ1) is 11.7. The van der Waals surface area contributed by atoms with E-state index in [1.165, 1.54) is 11.3 Å². The van der Waals surface area contributed by atoms with Gasteiger partial charge in [0.1, 0.15) is 5.69 Å². The van der Waals surface area contributed by atoms with E-state index in [2.05, 4.69) is 15.0 Å². The molecule has 6 heteroatoms. The van der Waals surface area contributed by atoms with E-state index >= 15 is 0 Å². The van der Waals surface area contributed by atoms with Gasteiger partial charge >= 0.3 is 5.97 Å². The van der Waals surface area contributed by atoms with Gasteiger partial charge in [0.05, 0.1) is 17.2 Å². The molecule has 0 aliphatic carbocycles. The van der Waals surface area contributed by atoms with E-state index in [-0.39, 0.29) is 6.10 Å². The number of esters is 1. The molecule has 0 N–H and O–H groups in total. The molecule has 0 spiro atoms. The second-order valence-corrected chi connectivity index (χ2v) is 4.61. The van der Waals surface area contributed by atoms with Gasteiger partial charge in [-0.3, -0.25) is 9.97 Å². The molecule has 88 valence electrons. The van der Waals surface area contributed by atoms with Gasteiger partial charge in [-0.25, -0.2) is 9.78 Å². The quantitative estimate of drug-likeness (QED) is 0.780. The van der Waals surface area contributed by atoms with Gasteiger partial charge in [0.2, 0.25) is 5.01 Å². The van der Waals surface area contributed by atoms with Crippen LogP contribution in [0.2, 0.25) is 0 Å². The van der Waals surface area contributed by atoms with Crippen LogP contribution in [0, 0.1) is 0 Å². The zero-order valence-electron chi connectivity index (χ0n) is 9.45. The average molecular weight is 249 g/mol.